The number of benzene rings is 1. The normalized spacial score (nSPS) is 14.7. The van der Waals surface area contributed by atoms with Crippen LogP contribution in [0.5, 0.6) is 5.75 Å². The summed E-state index contributed by atoms with van der Waals surface area (Å²) in [6, 6.07) is 7.86. The first-order chi connectivity index (χ1) is 16.6. The summed E-state index contributed by atoms with van der Waals surface area (Å²) in [6.45, 7) is 1.86. The van der Waals surface area contributed by atoms with E-state index in [0.717, 1.165) is 60.4 Å². The molecule has 2 amide bonds. The lowest BCUT2D eigenvalue weighted by Gasteiger charge is -2.29. The molecule has 0 fully saturated rings. The van der Waals surface area contributed by atoms with E-state index < -0.39 is 0 Å². The van der Waals surface area contributed by atoms with Crippen LogP contribution in [0.25, 0.3) is 11.3 Å². The molecule has 1 N–H and O–H groups in total. The van der Waals surface area contributed by atoms with Gasteiger partial charge >= 0.3 is 0 Å². The van der Waals surface area contributed by atoms with Crippen molar-refractivity contribution >= 4 is 45.2 Å². The van der Waals surface area contributed by atoms with Gasteiger partial charge in [0.2, 0.25) is 5.91 Å². The summed E-state index contributed by atoms with van der Waals surface area (Å²) in [5.41, 5.74) is 3.91. The van der Waals surface area contributed by atoms with Crippen molar-refractivity contribution in [3.63, 3.8) is 0 Å². The molecule has 0 atom stereocenters. The lowest BCUT2D eigenvalue weighted by atomic mass is 9.96. The van der Waals surface area contributed by atoms with Crippen LogP contribution >= 0.6 is 22.7 Å². The number of rotatable bonds is 6. The number of anilines is 2. The molecular formula is C25H24N4O3S2. The zero-order valence-corrected chi connectivity index (χ0v) is 20.5. The third-order valence-corrected chi connectivity index (χ3v) is 8.17. The number of thiazole rings is 1. The molecule has 0 radical (unpaired) electrons. The monoisotopic (exact) mass is 492 g/mol. The van der Waals surface area contributed by atoms with E-state index in [9.17, 15) is 14.9 Å². The van der Waals surface area contributed by atoms with Crippen LogP contribution in [0.3, 0.4) is 0 Å². The van der Waals surface area contributed by atoms with Gasteiger partial charge in [0, 0.05) is 15.8 Å². The van der Waals surface area contributed by atoms with Gasteiger partial charge < -0.3 is 10.1 Å². The zero-order valence-electron chi connectivity index (χ0n) is 18.8. The number of hydrogen-bond donors (Lipinski definition) is 1. The number of fused-ring (bicyclic) bond motifs is 2. The number of ether oxygens (including phenoxy) is 1. The van der Waals surface area contributed by atoms with Gasteiger partial charge in [-0.3, -0.25) is 14.5 Å². The Morgan fingerprint density at radius 3 is 3.00 bits per heavy atom. The van der Waals surface area contributed by atoms with Gasteiger partial charge in [-0.05, 0) is 62.3 Å². The minimum Gasteiger partial charge on any atom is -0.482 e. The topological polar surface area (TPSA) is 95.3 Å². The molecule has 7 nitrogen and oxygen atoms in total. The maximum Gasteiger partial charge on any atom is 0.265 e. The third kappa shape index (κ3) is 4.31. The Bertz CT molecular complexity index is 1300. The molecule has 0 unspecified atom stereocenters. The van der Waals surface area contributed by atoms with Gasteiger partial charge in [0.1, 0.15) is 23.4 Å². The number of aromatic nitrogens is 1. The molecule has 1 aliphatic heterocycles. The highest BCUT2D eigenvalue weighted by Gasteiger charge is 2.29. The summed E-state index contributed by atoms with van der Waals surface area (Å²) >= 11 is 3.10. The first-order valence-electron chi connectivity index (χ1n) is 11.4. The highest BCUT2D eigenvalue weighted by molar-refractivity contribution is 7.16. The molecule has 3 heterocycles. The first-order valence-corrected chi connectivity index (χ1v) is 13.1. The Balaban J connectivity index is 1.38. The van der Waals surface area contributed by atoms with Gasteiger partial charge in [-0.1, -0.05) is 6.92 Å². The number of thiophene rings is 1. The highest BCUT2D eigenvalue weighted by Crippen LogP contribution is 2.39. The molecule has 2 aliphatic rings. The number of nitrogens with one attached hydrogen (secondary N) is 1. The second-order valence-electron chi connectivity index (χ2n) is 8.40. The second kappa shape index (κ2) is 9.57. The van der Waals surface area contributed by atoms with Gasteiger partial charge in [0.15, 0.2) is 6.61 Å². The largest absolute Gasteiger partial charge is 0.482 e. The maximum absolute atomic E-state index is 13.0. The van der Waals surface area contributed by atoms with Crippen molar-refractivity contribution in [2.45, 2.75) is 45.4 Å². The molecule has 2 aromatic heterocycles. The van der Waals surface area contributed by atoms with Gasteiger partial charge in [0.25, 0.3) is 5.91 Å². The lowest BCUT2D eigenvalue weighted by molar-refractivity contribution is -0.123. The standard InChI is InChI=1S/C25H24N4O3S2/c1-2-5-23-27-18(14-33-23)15-8-9-20-19(10-15)29(24(31)13-32-20)12-22(30)28-25-17(11-26)16-6-3-4-7-21(16)34-25/h8-10,14H,2-7,12-13H2,1H3,(H,28,30). The number of carbonyl (C=O) groups is 2. The Morgan fingerprint density at radius 2 is 2.18 bits per heavy atom. The number of nitriles is 1. The number of carbonyl (C=O) groups excluding carboxylic acids is 2. The second-order valence-corrected chi connectivity index (χ2v) is 10.5. The van der Waals surface area contributed by atoms with Crippen molar-refractivity contribution in [2.75, 3.05) is 23.4 Å². The van der Waals surface area contributed by atoms with Gasteiger partial charge in [-0.15, -0.1) is 22.7 Å². The Morgan fingerprint density at radius 1 is 1.32 bits per heavy atom. The SMILES string of the molecule is CCCc1nc(-c2ccc3c(c2)N(CC(=O)Nc2sc4c(c2C#N)CCCC4)C(=O)CO3)cs1. The zero-order chi connectivity index (χ0) is 23.7. The van der Waals surface area contributed by atoms with Crippen LogP contribution in [0.4, 0.5) is 10.7 Å². The molecule has 0 saturated heterocycles. The van der Waals surface area contributed by atoms with E-state index in [1.165, 1.54) is 21.1 Å². The summed E-state index contributed by atoms with van der Waals surface area (Å²) in [6.07, 6.45) is 5.94. The van der Waals surface area contributed by atoms with E-state index >= 15 is 0 Å². The summed E-state index contributed by atoms with van der Waals surface area (Å²) in [5.74, 6) is -0.0548. The molecular weight excluding hydrogens is 468 g/mol. The third-order valence-electron chi connectivity index (χ3n) is 6.05. The van der Waals surface area contributed by atoms with Gasteiger partial charge in [0.05, 0.1) is 22.0 Å². The van der Waals surface area contributed by atoms with Crippen molar-refractivity contribution in [1.29, 1.82) is 5.26 Å². The summed E-state index contributed by atoms with van der Waals surface area (Å²) < 4.78 is 5.61. The molecule has 0 saturated carbocycles. The van der Waals surface area contributed by atoms with Crippen molar-refractivity contribution in [2.24, 2.45) is 0 Å². The first kappa shape index (κ1) is 22.6. The minimum absolute atomic E-state index is 0.117. The molecule has 1 aliphatic carbocycles. The van der Waals surface area contributed by atoms with Crippen LogP contribution in [-0.4, -0.2) is 29.9 Å². The van der Waals surface area contributed by atoms with Crippen LogP contribution in [-0.2, 0) is 28.9 Å². The fraction of sp³-hybridized carbons (Fsp3) is 0.360. The van der Waals surface area contributed by atoms with Crippen molar-refractivity contribution < 1.29 is 14.3 Å². The quantitative estimate of drug-likeness (QED) is 0.526. The van der Waals surface area contributed by atoms with Crippen LogP contribution in [0.2, 0.25) is 0 Å². The van der Waals surface area contributed by atoms with Crippen LogP contribution in [0, 0.1) is 11.3 Å². The fourth-order valence-corrected chi connectivity index (χ4v) is 6.55. The van der Waals surface area contributed by atoms with E-state index in [1.807, 2.05) is 23.6 Å². The molecule has 34 heavy (non-hydrogen) atoms. The van der Waals surface area contributed by atoms with E-state index in [1.54, 1.807) is 11.3 Å². The van der Waals surface area contributed by atoms with E-state index in [2.05, 4.69) is 18.3 Å². The van der Waals surface area contributed by atoms with Gasteiger partial charge in [-0.25, -0.2) is 4.98 Å². The predicted octanol–water partition coefficient (Wildman–Crippen LogP) is 4.94. The average molecular weight is 493 g/mol. The molecule has 1 aromatic carbocycles. The Labute approximate surface area is 206 Å². The van der Waals surface area contributed by atoms with Crippen molar-refractivity contribution in [3.8, 4) is 23.1 Å². The predicted molar refractivity (Wildman–Crippen MR) is 134 cm³/mol. The summed E-state index contributed by atoms with van der Waals surface area (Å²) in [7, 11) is 0. The summed E-state index contributed by atoms with van der Waals surface area (Å²) in [4.78, 5) is 33.0. The Hall–Kier alpha value is -3.22. The number of nitrogens with zero attached hydrogens (tertiary/aromatic N) is 3. The van der Waals surface area contributed by atoms with Crippen LogP contribution in [0.15, 0.2) is 23.6 Å². The van der Waals surface area contributed by atoms with E-state index in [4.69, 9.17) is 9.72 Å². The number of amides is 2. The smallest absolute Gasteiger partial charge is 0.265 e. The van der Waals surface area contributed by atoms with E-state index in [0.29, 0.717) is 22.0 Å². The Kier molecular flexibility index (Phi) is 6.35. The van der Waals surface area contributed by atoms with Crippen molar-refractivity contribution in [3.05, 3.63) is 44.6 Å². The van der Waals surface area contributed by atoms with Crippen LogP contribution in [0.1, 0.15) is 47.2 Å². The number of hydrogen-bond acceptors (Lipinski definition) is 7. The minimum atomic E-state index is -0.333. The molecule has 3 aromatic rings. The molecule has 0 bridgehead atoms. The molecule has 9 heteroatoms. The lowest BCUT2D eigenvalue weighted by Crippen LogP contribution is -2.43. The molecule has 5 rings (SSSR count). The van der Waals surface area contributed by atoms with E-state index in [-0.39, 0.29) is 25.0 Å². The van der Waals surface area contributed by atoms with Crippen LogP contribution < -0.4 is 15.0 Å². The fourth-order valence-electron chi connectivity index (χ4n) is 4.39. The highest BCUT2D eigenvalue weighted by atomic mass is 32.1. The van der Waals surface area contributed by atoms with Gasteiger partial charge in [-0.2, -0.15) is 5.26 Å². The molecule has 0 spiro atoms. The number of aryl methyl sites for hydroxylation is 2. The van der Waals surface area contributed by atoms with Crippen molar-refractivity contribution in [1.82, 2.24) is 4.98 Å². The maximum atomic E-state index is 13.0. The molecule has 174 valence electrons. The summed E-state index contributed by atoms with van der Waals surface area (Å²) in [5, 5.41) is 16.2. The average Bonchev–Trinajstić information content (AvgIpc) is 3.45.